The van der Waals surface area contributed by atoms with Gasteiger partial charge in [-0.3, -0.25) is 4.79 Å². The lowest BCUT2D eigenvalue weighted by Gasteiger charge is -2.09. The third-order valence-corrected chi connectivity index (χ3v) is 3.21. The van der Waals surface area contributed by atoms with Crippen molar-refractivity contribution in [3.63, 3.8) is 0 Å². The van der Waals surface area contributed by atoms with Crippen LogP contribution < -0.4 is 0 Å². The van der Waals surface area contributed by atoms with Gasteiger partial charge in [0.25, 0.3) is 0 Å². The van der Waals surface area contributed by atoms with Gasteiger partial charge >= 0.3 is 5.97 Å². The molecule has 0 amide bonds. The highest BCUT2D eigenvalue weighted by Gasteiger charge is 2.09. The fourth-order valence-electron chi connectivity index (χ4n) is 1.35. The van der Waals surface area contributed by atoms with Gasteiger partial charge in [-0.25, -0.2) is 0 Å². The van der Waals surface area contributed by atoms with Crippen molar-refractivity contribution in [2.24, 2.45) is 0 Å². The van der Waals surface area contributed by atoms with Gasteiger partial charge in [0, 0.05) is 10.1 Å². The van der Waals surface area contributed by atoms with Crippen LogP contribution in [-0.2, 0) is 4.79 Å². The molecular formula is C12H13NO2S. The van der Waals surface area contributed by atoms with E-state index < -0.39 is 5.97 Å². The Hall–Kier alpha value is -1.47. The maximum absolute atomic E-state index is 10.5. The van der Waals surface area contributed by atoms with Crippen LogP contribution in [0.5, 0.6) is 0 Å². The molecule has 0 aliphatic rings. The highest BCUT2D eigenvalue weighted by atomic mass is 32.2. The summed E-state index contributed by atoms with van der Waals surface area (Å²) in [6, 6.07) is 7.65. The first-order valence-corrected chi connectivity index (χ1v) is 5.80. The Morgan fingerprint density at radius 2 is 2.31 bits per heavy atom. The fraction of sp³-hybridized carbons (Fsp3) is 0.333. The molecule has 0 saturated heterocycles. The molecule has 0 heterocycles. The monoisotopic (exact) mass is 235 g/mol. The van der Waals surface area contributed by atoms with Crippen LogP contribution in [0.25, 0.3) is 0 Å². The summed E-state index contributed by atoms with van der Waals surface area (Å²) in [5.74, 6) is -0.787. The molecule has 0 aliphatic heterocycles. The van der Waals surface area contributed by atoms with Gasteiger partial charge in [0.1, 0.15) is 0 Å². The predicted molar refractivity (Wildman–Crippen MR) is 63.5 cm³/mol. The minimum atomic E-state index is -0.787. The Kier molecular flexibility index (Phi) is 4.39. The summed E-state index contributed by atoms with van der Waals surface area (Å²) in [4.78, 5) is 11.5. The van der Waals surface area contributed by atoms with E-state index >= 15 is 0 Å². The van der Waals surface area contributed by atoms with E-state index in [1.165, 1.54) is 11.8 Å². The molecule has 0 aliphatic carbocycles. The first kappa shape index (κ1) is 12.6. The van der Waals surface area contributed by atoms with Crippen LogP contribution in [-0.4, -0.2) is 16.3 Å². The van der Waals surface area contributed by atoms with E-state index in [1.807, 2.05) is 26.0 Å². The van der Waals surface area contributed by atoms with Crippen molar-refractivity contribution in [2.45, 2.75) is 30.4 Å². The third-order valence-electron chi connectivity index (χ3n) is 2.12. The molecule has 0 saturated carbocycles. The number of nitriles is 1. The summed E-state index contributed by atoms with van der Waals surface area (Å²) < 4.78 is 0. The van der Waals surface area contributed by atoms with Crippen LogP contribution in [0.1, 0.15) is 24.5 Å². The first-order valence-electron chi connectivity index (χ1n) is 4.92. The standard InChI is InChI=1S/C12H13NO2S/c1-8-5-11(4-3-10(8)7-13)16-9(2)6-12(14)15/h3-5,9H,6H2,1-2H3,(H,14,15). The minimum Gasteiger partial charge on any atom is -0.481 e. The minimum absolute atomic E-state index is 0.0323. The zero-order valence-electron chi connectivity index (χ0n) is 9.23. The number of benzene rings is 1. The number of nitrogens with zero attached hydrogens (tertiary/aromatic N) is 1. The van der Waals surface area contributed by atoms with E-state index in [1.54, 1.807) is 6.07 Å². The molecule has 0 bridgehead atoms. The van der Waals surface area contributed by atoms with Gasteiger partial charge in [-0.15, -0.1) is 11.8 Å². The second-order valence-corrected chi connectivity index (χ2v) is 5.13. The number of hydrogen-bond acceptors (Lipinski definition) is 3. The van der Waals surface area contributed by atoms with Crippen molar-refractivity contribution < 1.29 is 9.90 Å². The second-order valence-electron chi connectivity index (χ2n) is 3.61. The molecule has 1 aromatic carbocycles. The van der Waals surface area contributed by atoms with Crippen LogP contribution >= 0.6 is 11.8 Å². The molecule has 1 unspecified atom stereocenters. The van der Waals surface area contributed by atoms with Gasteiger partial charge in [-0.2, -0.15) is 5.26 Å². The van der Waals surface area contributed by atoms with Crippen LogP contribution in [0.2, 0.25) is 0 Å². The maximum Gasteiger partial charge on any atom is 0.304 e. The highest BCUT2D eigenvalue weighted by Crippen LogP contribution is 2.26. The van der Waals surface area contributed by atoms with Gasteiger partial charge in [0.15, 0.2) is 0 Å². The topological polar surface area (TPSA) is 61.1 Å². The number of aryl methyl sites for hydroxylation is 1. The van der Waals surface area contributed by atoms with Crippen LogP contribution in [0.3, 0.4) is 0 Å². The summed E-state index contributed by atoms with van der Waals surface area (Å²) in [7, 11) is 0. The molecule has 0 spiro atoms. The van der Waals surface area contributed by atoms with Crippen LogP contribution in [0.15, 0.2) is 23.1 Å². The van der Waals surface area contributed by atoms with E-state index in [9.17, 15) is 4.79 Å². The largest absolute Gasteiger partial charge is 0.481 e. The zero-order chi connectivity index (χ0) is 12.1. The number of aliphatic carboxylic acids is 1. The Morgan fingerprint density at radius 1 is 1.62 bits per heavy atom. The first-order chi connectivity index (χ1) is 7.52. The lowest BCUT2D eigenvalue weighted by molar-refractivity contribution is -0.136. The molecule has 84 valence electrons. The number of carboxylic acid groups (broad SMARTS) is 1. The van der Waals surface area contributed by atoms with Gasteiger partial charge in [0.2, 0.25) is 0 Å². The molecule has 1 rings (SSSR count). The lowest BCUT2D eigenvalue weighted by Crippen LogP contribution is -2.05. The van der Waals surface area contributed by atoms with Crippen molar-refractivity contribution in [3.05, 3.63) is 29.3 Å². The normalized spacial score (nSPS) is 11.8. The maximum atomic E-state index is 10.5. The summed E-state index contributed by atoms with van der Waals surface area (Å²) in [6.07, 6.45) is 0.143. The summed E-state index contributed by atoms with van der Waals surface area (Å²) in [5.41, 5.74) is 1.59. The number of carbonyl (C=O) groups is 1. The molecule has 3 nitrogen and oxygen atoms in total. The van der Waals surface area contributed by atoms with E-state index in [4.69, 9.17) is 10.4 Å². The van der Waals surface area contributed by atoms with Gasteiger partial charge < -0.3 is 5.11 Å². The Balaban J connectivity index is 2.72. The Morgan fingerprint density at radius 3 is 2.81 bits per heavy atom. The molecule has 1 N–H and O–H groups in total. The van der Waals surface area contributed by atoms with Crippen molar-refractivity contribution in [3.8, 4) is 6.07 Å². The number of hydrogen-bond donors (Lipinski definition) is 1. The molecule has 4 heteroatoms. The fourth-order valence-corrected chi connectivity index (χ4v) is 2.44. The van der Waals surface area contributed by atoms with E-state index in [0.717, 1.165) is 10.5 Å². The quantitative estimate of drug-likeness (QED) is 0.815. The van der Waals surface area contributed by atoms with Crippen LogP contribution in [0, 0.1) is 18.3 Å². The smallest absolute Gasteiger partial charge is 0.304 e. The van der Waals surface area contributed by atoms with Crippen molar-refractivity contribution in [1.82, 2.24) is 0 Å². The average molecular weight is 235 g/mol. The average Bonchev–Trinajstić information content (AvgIpc) is 2.16. The number of thioether (sulfide) groups is 1. The molecule has 1 atom stereocenters. The van der Waals surface area contributed by atoms with Crippen molar-refractivity contribution in [1.29, 1.82) is 5.26 Å². The molecule has 16 heavy (non-hydrogen) atoms. The van der Waals surface area contributed by atoms with Crippen LogP contribution in [0.4, 0.5) is 0 Å². The van der Waals surface area contributed by atoms with E-state index in [0.29, 0.717) is 5.56 Å². The summed E-state index contributed by atoms with van der Waals surface area (Å²) >= 11 is 1.52. The zero-order valence-corrected chi connectivity index (χ0v) is 10.0. The predicted octanol–water partition coefficient (Wildman–Crippen LogP) is 2.82. The number of rotatable bonds is 4. The number of carboxylic acids is 1. The SMILES string of the molecule is Cc1cc(SC(C)CC(=O)O)ccc1C#N. The summed E-state index contributed by atoms with van der Waals surface area (Å²) in [5, 5.41) is 17.5. The second kappa shape index (κ2) is 5.57. The molecule has 0 radical (unpaired) electrons. The Labute approximate surface area is 99.1 Å². The highest BCUT2D eigenvalue weighted by molar-refractivity contribution is 8.00. The van der Waals surface area contributed by atoms with E-state index in [2.05, 4.69) is 6.07 Å². The third kappa shape index (κ3) is 3.59. The molecular weight excluding hydrogens is 222 g/mol. The molecule has 0 aromatic heterocycles. The van der Waals surface area contributed by atoms with Gasteiger partial charge in [-0.1, -0.05) is 6.92 Å². The van der Waals surface area contributed by atoms with Gasteiger partial charge in [-0.05, 0) is 30.7 Å². The van der Waals surface area contributed by atoms with E-state index in [-0.39, 0.29) is 11.7 Å². The lowest BCUT2D eigenvalue weighted by atomic mass is 10.1. The van der Waals surface area contributed by atoms with Gasteiger partial charge in [0.05, 0.1) is 18.1 Å². The van der Waals surface area contributed by atoms with Crippen molar-refractivity contribution >= 4 is 17.7 Å². The molecule has 0 fully saturated rings. The summed E-state index contributed by atoms with van der Waals surface area (Å²) in [6.45, 7) is 3.76. The molecule has 1 aromatic rings. The Bertz CT molecular complexity index is 437. The van der Waals surface area contributed by atoms with Crippen molar-refractivity contribution in [2.75, 3.05) is 0 Å².